The molecule has 0 aliphatic rings. The van der Waals surface area contributed by atoms with Crippen molar-refractivity contribution in [1.29, 1.82) is 0 Å². The van der Waals surface area contributed by atoms with Crippen molar-refractivity contribution in [3.05, 3.63) is 58.4 Å². The van der Waals surface area contributed by atoms with Crippen LogP contribution < -0.4 is 10.1 Å². The number of hydrogen-bond acceptors (Lipinski definition) is 6. The highest BCUT2D eigenvalue weighted by Crippen LogP contribution is 2.24. The lowest BCUT2D eigenvalue weighted by molar-refractivity contribution is -0.387. The smallest absolute Gasteiger partial charge is 0.306 e. The first-order valence-electron chi connectivity index (χ1n) is 8.07. The van der Waals surface area contributed by atoms with Crippen LogP contribution in [0.5, 0.6) is 5.75 Å². The topological polar surface area (TPSA) is 119 Å². The van der Waals surface area contributed by atoms with Crippen molar-refractivity contribution in [2.75, 3.05) is 25.5 Å². The molecule has 2 rings (SSSR count). The van der Waals surface area contributed by atoms with E-state index in [9.17, 15) is 27.7 Å². The van der Waals surface area contributed by atoms with Gasteiger partial charge in [0.25, 0.3) is 0 Å². The van der Waals surface area contributed by atoms with Crippen LogP contribution in [0.2, 0.25) is 0 Å². The van der Waals surface area contributed by atoms with Crippen molar-refractivity contribution < 1.29 is 27.3 Å². The van der Waals surface area contributed by atoms with Gasteiger partial charge in [0.15, 0.2) is 0 Å². The van der Waals surface area contributed by atoms with Gasteiger partial charge in [0, 0.05) is 18.3 Å². The van der Waals surface area contributed by atoms with E-state index in [0.717, 1.165) is 10.4 Å². The minimum Gasteiger partial charge on any atom is -0.497 e. The first kappa shape index (κ1) is 21.3. The maximum absolute atomic E-state index is 13.5. The van der Waals surface area contributed by atoms with Crippen molar-refractivity contribution in [1.82, 2.24) is 4.31 Å². The Hall–Kier alpha value is -3.05. The van der Waals surface area contributed by atoms with Gasteiger partial charge in [-0.1, -0.05) is 6.92 Å². The summed E-state index contributed by atoms with van der Waals surface area (Å²) in [6.45, 7) is 0.926. The Labute approximate surface area is 160 Å². The number of sulfonamides is 1. The molecular weight excluding hydrogens is 393 g/mol. The Kier molecular flexibility index (Phi) is 6.65. The van der Waals surface area contributed by atoms with Gasteiger partial charge in [-0.15, -0.1) is 0 Å². The molecule has 0 atom stereocenters. The molecule has 0 spiro atoms. The van der Waals surface area contributed by atoms with Crippen molar-refractivity contribution in [3.63, 3.8) is 0 Å². The molecule has 1 amide bonds. The Balaban J connectivity index is 2.19. The molecule has 0 aliphatic carbocycles. The molecule has 9 nitrogen and oxygen atoms in total. The number of amides is 1. The van der Waals surface area contributed by atoms with E-state index in [1.165, 1.54) is 14.0 Å². The Morgan fingerprint density at radius 2 is 1.89 bits per heavy atom. The number of anilines is 1. The van der Waals surface area contributed by atoms with Crippen LogP contribution in [0.15, 0.2) is 47.4 Å². The monoisotopic (exact) mass is 411 g/mol. The van der Waals surface area contributed by atoms with Gasteiger partial charge in [-0.05, 0) is 36.4 Å². The molecule has 11 heteroatoms. The molecule has 2 aromatic carbocycles. The quantitative estimate of drug-likeness (QED) is 0.526. The molecule has 0 aliphatic heterocycles. The molecule has 0 heterocycles. The molecule has 150 valence electrons. The third kappa shape index (κ3) is 4.81. The lowest BCUT2D eigenvalue weighted by atomic mass is 10.3. The summed E-state index contributed by atoms with van der Waals surface area (Å²) in [7, 11) is -2.74. The zero-order chi connectivity index (χ0) is 20.9. The normalized spacial score (nSPS) is 11.3. The molecule has 0 radical (unpaired) electrons. The minimum absolute atomic E-state index is 0.0659. The lowest BCUT2D eigenvalue weighted by Gasteiger charge is -2.20. The number of benzene rings is 2. The minimum atomic E-state index is -4.24. The van der Waals surface area contributed by atoms with Crippen molar-refractivity contribution in [3.8, 4) is 5.75 Å². The summed E-state index contributed by atoms with van der Waals surface area (Å²) in [4.78, 5) is 21.6. The van der Waals surface area contributed by atoms with Gasteiger partial charge in [-0.25, -0.2) is 8.42 Å². The van der Waals surface area contributed by atoms with Gasteiger partial charge in [0.2, 0.25) is 21.7 Å². The SMILES string of the molecule is CCN(CC(=O)Nc1ccc(OC)cc1)S(=O)(=O)c1ccc(F)c([N+](=O)[O-])c1. The third-order valence-electron chi connectivity index (χ3n) is 3.80. The second kappa shape index (κ2) is 8.76. The summed E-state index contributed by atoms with van der Waals surface area (Å²) >= 11 is 0. The molecule has 0 aromatic heterocycles. The molecular formula is C17H18FN3O6S. The van der Waals surface area contributed by atoms with Crippen LogP contribution in [-0.4, -0.2) is 43.8 Å². The predicted molar refractivity (Wildman–Crippen MR) is 99.1 cm³/mol. The Morgan fingerprint density at radius 3 is 2.43 bits per heavy atom. The number of carbonyl (C=O) groups excluding carboxylic acids is 1. The van der Waals surface area contributed by atoms with E-state index in [4.69, 9.17) is 4.74 Å². The number of nitrogens with one attached hydrogen (secondary N) is 1. The van der Waals surface area contributed by atoms with Gasteiger partial charge >= 0.3 is 5.69 Å². The van der Waals surface area contributed by atoms with E-state index in [1.54, 1.807) is 24.3 Å². The fourth-order valence-electron chi connectivity index (χ4n) is 2.34. The highest BCUT2D eigenvalue weighted by atomic mass is 32.2. The lowest BCUT2D eigenvalue weighted by Crippen LogP contribution is -2.37. The molecule has 0 fully saturated rings. The molecule has 0 unspecified atom stereocenters. The zero-order valence-corrected chi connectivity index (χ0v) is 15.9. The van der Waals surface area contributed by atoms with E-state index in [0.29, 0.717) is 23.6 Å². The van der Waals surface area contributed by atoms with Crippen LogP contribution in [0, 0.1) is 15.9 Å². The number of carbonyl (C=O) groups is 1. The number of likely N-dealkylation sites (N-methyl/N-ethyl adjacent to an activating group) is 1. The fraction of sp³-hybridized carbons (Fsp3) is 0.235. The van der Waals surface area contributed by atoms with Gasteiger partial charge < -0.3 is 10.1 Å². The fourth-order valence-corrected chi connectivity index (χ4v) is 3.77. The van der Waals surface area contributed by atoms with Crippen LogP contribution in [0.3, 0.4) is 0 Å². The maximum Gasteiger partial charge on any atom is 0.306 e. The van der Waals surface area contributed by atoms with Crippen LogP contribution in [0.1, 0.15) is 6.92 Å². The maximum atomic E-state index is 13.5. The highest BCUT2D eigenvalue weighted by Gasteiger charge is 2.28. The van der Waals surface area contributed by atoms with E-state index < -0.39 is 43.8 Å². The number of methoxy groups -OCH3 is 1. The van der Waals surface area contributed by atoms with Crippen molar-refractivity contribution in [2.45, 2.75) is 11.8 Å². The average molecular weight is 411 g/mol. The van der Waals surface area contributed by atoms with E-state index in [1.807, 2.05) is 0 Å². The third-order valence-corrected chi connectivity index (χ3v) is 5.72. The second-order valence-corrected chi connectivity index (χ2v) is 7.52. The summed E-state index contributed by atoms with van der Waals surface area (Å²) in [5, 5.41) is 13.4. The first-order chi connectivity index (χ1) is 13.2. The number of halogens is 1. The predicted octanol–water partition coefficient (Wildman–Crippen LogP) is 2.39. The number of ether oxygens (including phenoxy) is 1. The summed E-state index contributed by atoms with van der Waals surface area (Å²) in [6.07, 6.45) is 0. The van der Waals surface area contributed by atoms with Crippen LogP contribution >= 0.6 is 0 Å². The molecule has 28 heavy (non-hydrogen) atoms. The number of rotatable bonds is 8. The van der Waals surface area contributed by atoms with Gasteiger partial charge in [0.1, 0.15) is 5.75 Å². The number of hydrogen-bond donors (Lipinski definition) is 1. The number of nitro groups is 1. The zero-order valence-electron chi connectivity index (χ0n) is 15.1. The first-order valence-corrected chi connectivity index (χ1v) is 9.51. The van der Waals surface area contributed by atoms with Crippen LogP contribution in [-0.2, 0) is 14.8 Å². The van der Waals surface area contributed by atoms with E-state index in [2.05, 4.69) is 5.32 Å². The number of nitro benzene ring substituents is 1. The molecule has 1 N–H and O–H groups in total. The summed E-state index contributed by atoms with van der Waals surface area (Å²) < 4.78 is 44.7. The standard InChI is InChI=1S/C17H18FN3O6S/c1-3-20(11-17(22)19-12-4-6-13(27-2)7-5-12)28(25,26)14-8-9-15(18)16(10-14)21(23)24/h4-10H,3,11H2,1-2H3,(H,19,22). The molecule has 0 bridgehead atoms. The van der Waals surface area contributed by atoms with Crippen molar-refractivity contribution in [2.24, 2.45) is 0 Å². The molecule has 0 saturated carbocycles. The van der Waals surface area contributed by atoms with E-state index >= 15 is 0 Å². The van der Waals surface area contributed by atoms with E-state index in [-0.39, 0.29) is 6.54 Å². The molecule has 0 saturated heterocycles. The summed E-state index contributed by atoms with van der Waals surface area (Å²) in [5.41, 5.74) is -0.517. The van der Waals surface area contributed by atoms with Gasteiger partial charge in [-0.2, -0.15) is 8.70 Å². The average Bonchev–Trinajstić information content (AvgIpc) is 2.66. The highest BCUT2D eigenvalue weighted by molar-refractivity contribution is 7.89. The van der Waals surface area contributed by atoms with Crippen molar-refractivity contribution >= 4 is 27.3 Å². The summed E-state index contributed by atoms with van der Waals surface area (Å²) in [5.74, 6) is -1.16. The summed E-state index contributed by atoms with van der Waals surface area (Å²) in [6, 6.07) is 8.69. The number of nitrogens with zero attached hydrogens (tertiary/aromatic N) is 2. The molecule has 2 aromatic rings. The van der Waals surface area contributed by atoms with Gasteiger partial charge in [-0.3, -0.25) is 14.9 Å². The Bertz CT molecular complexity index is 979. The Morgan fingerprint density at radius 1 is 1.25 bits per heavy atom. The largest absolute Gasteiger partial charge is 0.497 e. The van der Waals surface area contributed by atoms with Crippen LogP contribution in [0.25, 0.3) is 0 Å². The van der Waals surface area contributed by atoms with Gasteiger partial charge in [0.05, 0.1) is 23.5 Å². The second-order valence-electron chi connectivity index (χ2n) is 5.58. The van der Waals surface area contributed by atoms with Crippen LogP contribution in [0.4, 0.5) is 15.8 Å².